The maximum Gasteiger partial charge on any atom is 0.256 e. The third-order valence-corrected chi connectivity index (χ3v) is 5.22. The van der Waals surface area contributed by atoms with Crippen LogP contribution >= 0.6 is 0 Å². The first-order valence-electron chi connectivity index (χ1n) is 9.26. The molecular weight excluding hydrogens is 338 g/mol. The second-order valence-corrected chi connectivity index (χ2v) is 6.88. The fourth-order valence-corrected chi connectivity index (χ4v) is 3.91. The van der Waals surface area contributed by atoms with Crippen molar-refractivity contribution in [2.75, 3.05) is 6.54 Å². The number of aromatic amines is 1. The normalized spacial score (nSPS) is 17.5. The van der Waals surface area contributed by atoms with Gasteiger partial charge in [0.1, 0.15) is 11.3 Å². The van der Waals surface area contributed by atoms with Gasteiger partial charge in [-0.3, -0.25) is 14.8 Å². The molecule has 27 heavy (non-hydrogen) atoms. The number of nitrogens with zero attached hydrogens (tertiary/aromatic N) is 4. The molecule has 1 N–H and O–H groups in total. The topological polar surface area (TPSA) is 74.8 Å². The lowest BCUT2D eigenvalue weighted by molar-refractivity contribution is 0.0603. The number of carbonyl (C=O) groups excluding carboxylic acids is 1. The highest BCUT2D eigenvalue weighted by Crippen LogP contribution is 2.32. The van der Waals surface area contributed by atoms with Crippen LogP contribution in [0.1, 0.15) is 41.5 Å². The number of imidazole rings is 1. The number of aromatic nitrogens is 4. The van der Waals surface area contributed by atoms with Crippen LogP contribution in [0.2, 0.25) is 0 Å². The number of benzene rings is 2. The van der Waals surface area contributed by atoms with Crippen LogP contribution in [0.5, 0.6) is 0 Å². The molecule has 1 saturated heterocycles. The predicted octanol–water partition coefficient (Wildman–Crippen LogP) is 3.87. The van der Waals surface area contributed by atoms with Crippen molar-refractivity contribution >= 4 is 28.0 Å². The Balaban J connectivity index is 1.56. The van der Waals surface area contributed by atoms with Crippen LogP contribution in [0.25, 0.3) is 22.1 Å². The second kappa shape index (κ2) is 6.46. The van der Waals surface area contributed by atoms with Gasteiger partial charge in [0.25, 0.3) is 5.91 Å². The van der Waals surface area contributed by atoms with Crippen molar-refractivity contribution in [3.05, 3.63) is 66.2 Å². The molecule has 0 aliphatic carbocycles. The summed E-state index contributed by atoms with van der Waals surface area (Å²) in [5.74, 6) is 0.849. The van der Waals surface area contributed by atoms with E-state index >= 15 is 0 Å². The number of hydrogen-bond acceptors (Lipinski definition) is 4. The van der Waals surface area contributed by atoms with Crippen molar-refractivity contribution in [3.63, 3.8) is 0 Å². The minimum atomic E-state index is -0.0504. The van der Waals surface area contributed by atoms with Crippen molar-refractivity contribution in [3.8, 4) is 0 Å². The summed E-state index contributed by atoms with van der Waals surface area (Å²) in [6, 6.07) is 13.5. The van der Waals surface area contributed by atoms with Gasteiger partial charge >= 0.3 is 0 Å². The highest BCUT2D eigenvalue weighted by molar-refractivity contribution is 6.04. The molecule has 2 aromatic heterocycles. The summed E-state index contributed by atoms with van der Waals surface area (Å²) in [6.45, 7) is 0.719. The maximum absolute atomic E-state index is 13.4. The van der Waals surface area contributed by atoms with Crippen LogP contribution in [-0.4, -0.2) is 37.3 Å². The Bertz CT molecular complexity index is 1100. The van der Waals surface area contributed by atoms with Gasteiger partial charge in [-0.25, -0.2) is 4.98 Å². The largest absolute Gasteiger partial charge is 0.340 e. The van der Waals surface area contributed by atoms with E-state index in [-0.39, 0.29) is 11.9 Å². The molecule has 0 bridgehead atoms. The molecule has 2 aromatic carbocycles. The van der Waals surface area contributed by atoms with Crippen LogP contribution in [0, 0.1) is 0 Å². The third-order valence-electron chi connectivity index (χ3n) is 5.22. The van der Waals surface area contributed by atoms with Crippen LogP contribution in [0.15, 0.2) is 54.9 Å². The number of H-pyrrole nitrogens is 1. The molecule has 1 aliphatic rings. The second-order valence-electron chi connectivity index (χ2n) is 6.88. The standard InChI is InChI=1S/C21H19N5O/c27-21(14-6-5-9-17-19(14)23-12-11-22-17)26-13-4-3-10-18(26)20-24-15-7-1-2-8-16(15)25-20/h1-2,5-9,11-12,18H,3-4,10,13H2,(H,24,25). The number of hydrogen-bond donors (Lipinski definition) is 1. The van der Waals surface area contributed by atoms with Crippen LogP contribution in [0.4, 0.5) is 0 Å². The Morgan fingerprint density at radius 1 is 1.00 bits per heavy atom. The number of likely N-dealkylation sites (tertiary alicyclic amines) is 1. The van der Waals surface area contributed by atoms with E-state index in [0.29, 0.717) is 11.1 Å². The Labute approximate surface area is 156 Å². The summed E-state index contributed by atoms with van der Waals surface area (Å²) in [7, 11) is 0. The molecule has 1 unspecified atom stereocenters. The molecule has 4 aromatic rings. The first kappa shape index (κ1) is 15.9. The van der Waals surface area contributed by atoms with Gasteiger partial charge in [-0.15, -0.1) is 0 Å². The average Bonchev–Trinajstić information content (AvgIpc) is 3.17. The van der Waals surface area contributed by atoms with Gasteiger partial charge in [0.05, 0.1) is 28.2 Å². The Morgan fingerprint density at radius 3 is 2.78 bits per heavy atom. The molecule has 1 aliphatic heterocycles. The number of fused-ring (bicyclic) bond motifs is 2. The summed E-state index contributed by atoms with van der Waals surface area (Å²) in [5, 5.41) is 0. The fraction of sp³-hybridized carbons (Fsp3) is 0.238. The summed E-state index contributed by atoms with van der Waals surface area (Å²) >= 11 is 0. The first-order valence-corrected chi connectivity index (χ1v) is 9.26. The van der Waals surface area contributed by atoms with E-state index < -0.39 is 0 Å². The molecule has 6 nitrogen and oxygen atoms in total. The molecule has 5 rings (SSSR count). The van der Waals surface area contributed by atoms with Crippen LogP contribution in [-0.2, 0) is 0 Å². The summed E-state index contributed by atoms with van der Waals surface area (Å²) in [4.78, 5) is 32.2. The minimum Gasteiger partial charge on any atom is -0.340 e. The molecule has 134 valence electrons. The average molecular weight is 357 g/mol. The van der Waals surface area contributed by atoms with Gasteiger partial charge < -0.3 is 9.88 Å². The van der Waals surface area contributed by atoms with Gasteiger partial charge in [0, 0.05) is 18.9 Å². The molecule has 0 spiro atoms. The summed E-state index contributed by atoms with van der Waals surface area (Å²) < 4.78 is 0. The van der Waals surface area contributed by atoms with Crippen LogP contribution < -0.4 is 0 Å². The highest BCUT2D eigenvalue weighted by Gasteiger charge is 2.31. The first-order chi connectivity index (χ1) is 13.3. The number of piperidine rings is 1. The summed E-state index contributed by atoms with van der Waals surface area (Å²) in [5.41, 5.74) is 3.92. The van der Waals surface area contributed by atoms with E-state index in [0.717, 1.165) is 48.2 Å². The van der Waals surface area contributed by atoms with Crippen molar-refractivity contribution in [1.29, 1.82) is 0 Å². The Morgan fingerprint density at radius 2 is 1.85 bits per heavy atom. The number of carbonyl (C=O) groups is 1. The van der Waals surface area contributed by atoms with Gasteiger partial charge in [-0.2, -0.15) is 0 Å². The van der Waals surface area contributed by atoms with E-state index in [1.807, 2.05) is 47.4 Å². The fourth-order valence-electron chi connectivity index (χ4n) is 3.91. The lowest BCUT2D eigenvalue weighted by Crippen LogP contribution is -2.39. The van der Waals surface area contributed by atoms with Crippen molar-refractivity contribution in [2.45, 2.75) is 25.3 Å². The van der Waals surface area contributed by atoms with E-state index in [9.17, 15) is 4.79 Å². The predicted molar refractivity (Wildman–Crippen MR) is 103 cm³/mol. The van der Waals surface area contributed by atoms with E-state index in [1.165, 1.54) is 0 Å². The number of amides is 1. The van der Waals surface area contributed by atoms with Gasteiger partial charge in [-0.05, 0) is 43.5 Å². The van der Waals surface area contributed by atoms with Gasteiger partial charge in [0.2, 0.25) is 0 Å². The number of rotatable bonds is 2. The van der Waals surface area contributed by atoms with E-state index in [1.54, 1.807) is 12.4 Å². The minimum absolute atomic E-state index is 0.00810. The molecule has 1 atom stereocenters. The third kappa shape index (κ3) is 2.73. The maximum atomic E-state index is 13.4. The molecule has 6 heteroatoms. The lowest BCUT2D eigenvalue weighted by Gasteiger charge is -2.34. The number of para-hydroxylation sites is 3. The molecule has 0 radical (unpaired) electrons. The van der Waals surface area contributed by atoms with Crippen LogP contribution in [0.3, 0.4) is 0 Å². The zero-order valence-electron chi connectivity index (χ0n) is 14.8. The summed E-state index contributed by atoms with van der Waals surface area (Å²) in [6.07, 6.45) is 6.27. The van der Waals surface area contributed by atoms with E-state index in [2.05, 4.69) is 15.0 Å². The molecule has 0 saturated carbocycles. The quantitative estimate of drug-likeness (QED) is 0.591. The Kier molecular flexibility index (Phi) is 3.81. The number of nitrogens with one attached hydrogen (secondary N) is 1. The zero-order valence-corrected chi connectivity index (χ0v) is 14.8. The Hall–Kier alpha value is -3.28. The SMILES string of the molecule is O=C(c1cccc2nccnc12)N1CCCCC1c1nc2ccccc2[nH]1. The van der Waals surface area contributed by atoms with Gasteiger partial charge in [-0.1, -0.05) is 18.2 Å². The molecule has 1 fully saturated rings. The van der Waals surface area contributed by atoms with Gasteiger partial charge in [0.15, 0.2) is 0 Å². The highest BCUT2D eigenvalue weighted by atomic mass is 16.2. The molecule has 3 heterocycles. The van der Waals surface area contributed by atoms with Crippen molar-refractivity contribution in [2.24, 2.45) is 0 Å². The van der Waals surface area contributed by atoms with Crippen molar-refractivity contribution in [1.82, 2.24) is 24.8 Å². The van der Waals surface area contributed by atoms with Crippen molar-refractivity contribution < 1.29 is 4.79 Å². The molecule has 1 amide bonds. The molecular formula is C21H19N5O. The lowest BCUT2D eigenvalue weighted by atomic mass is 9.99. The monoisotopic (exact) mass is 357 g/mol. The van der Waals surface area contributed by atoms with E-state index in [4.69, 9.17) is 4.98 Å². The smallest absolute Gasteiger partial charge is 0.256 e. The zero-order chi connectivity index (χ0) is 18.2.